The Morgan fingerprint density at radius 1 is 1.39 bits per heavy atom. The number of fused-ring (bicyclic) bond motifs is 1. The fourth-order valence-electron chi connectivity index (χ4n) is 2.77. The molecule has 0 bridgehead atoms. The van der Waals surface area contributed by atoms with Gasteiger partial charge in [-0.25, -0.2) is 9.51 Å². The molecule has 3 rings (SSSR count). The van der Waals surface area contributed by atoms with Crippen molar-refractivity contribution in [1.29, 1.82) is 5.26 Å². The number of alkyl halides is 5. The molecule has 13 heteroatoms. The molecular weight excluding hydrogens is 554 g/mol. The van der Waals surface area contributed by atoms with Crippen LogP contribution in [-0.4, -0.2) is 39.8 Å². The van der Waals surface area contributed by atoms with Gasteiger partial charge in [0.05, 0.1) is 18.3 Å². The Morgan fingerprint density at radius 3 is 2.61 bits per heavy atom. The molecule has 1 aliphatic carbocycles. The molecule has 1 aromatic rings. The molecule has 1 aliphatic heterocycles. The third kappa shape index (κ3) is 5.56. The Morgan fingerprint density at radius 2 is 2.03 bits per heavy atom. The molecular formula is C18H13Br2F4N5O2. The molecule has 164 valence electrons. The van der Waals surface area contributed by atoms with Crippen LogP contribution in [0.5, 0.6) is 5.75 Å². The van der Waals surface area contributed by atoms with Gasteiger partial charge in [0, 0.05) is 10.0 Å². The summed E-state index contributed by atoms with van der Waals surface area (Å²) in [4.78, 5) is 12.5. The molecule has 1 amide bonds. The molecule has 0 radical (unpaired) electrons. The van der Waals surface area contributed by atoms with Crippen molar-refractivity contribution in [3.63, 3.8) is 0 Å². The predicted molar refractivity (Wildman–Crippen MR) is 110 cm³/mol. The van der Waals surface area contributed by atoms with Crippen molar-refractivity contribution in [1.82, 2.24) is 15.9 Å². The van der Waals surface area contributed by atoms with Crippen molar-refractivity contribution in [2.45, 2.75) is 23.4 Å². The molecule has 0 aromatic heterocycles. The first-order valence-corrected chi connectivity index (χ1v) is 10.1. The lowest BCUT2D eigenvalue weighted by Crippen LogP contribution is -2.53. The predicted octanol–water partition coefficient (Wildman–Crippen LogP) is 4.01. The highest BCUT2D eigenvalue weighted by molar-refractivity contribution is 9.12. The standard InChI is InChI=1S/C18H13Br2F4N5O2/c1-16(8-25,9-29-27-13-6-11(19)7-17(20,21)14(13)28-29)26-15(30)10-2-4-12(5-3-10)31-18(22,23)24/h2-7,27H,9H2,1H3,(H,26,30). The number of ether oxygens (including phenoxy) is 1. The van der Waals surface area contributed by atoms with E-state index in [9.17, 15) is 27.6 Å². The number of hydrazone groups is 1. The quantitative estimate of drug-likeness (QED) is 0.415. The minimum Gasteiger partial charge on any atom is -0.406 e. The zero-order valence-electron chi connectivity index (χ0n) is 15.6. The second-order valence-electron chi connectivity index (χ2n) is 6.80. The summed E-state index contributed by atoms with van der Waals surface area (Å²) in [6, 6.07) is 6.19. The van der Waals surface area contributed by atoms with Gasteiger partial charge in [-0.15, -0.1) is 13.2 Å². The molecule has 0 saturated carbocycles. The number of carbonyl (C=O) groups is 1. The first kappa shape index (κ1) is 23.1. The summed E-state index contributed by atoms with van der Waals surface area (Å²) in [5.74, 6) is -1.18. The second kappa shape index (κ2) is 8.16. The number of rotatable bonds is 5. The Labute approximate surface area is 190 Å². The molecule has 2 atom stereocenters. The van der Waals surface area contributed by atoms with Crippen molar-refractivity contribution in [3.8, 4) is 11.8 Å². The maximum atomic E-state index is 14.7. The van der Waals surface area contributed by atoms with E-state index in [1.807, 2.05) is 6.07 Å². The van der Waals surface area contributed by atoms with Gasteiger partial charge in [-0.05, 0) is 59.3 Å². The van der Waals surface area contributed by atoms with Crippen molar-refractivity contribution < 1.29 is 27.1 Å². The Balaban J connectivity index is 1.69. The van der Waals surface area contributed by atoms with Crippen molar-refractivity contribution in [3.05, 3.63) is 52.2 Å². The summed E-state index contributed by atoms with van der Waals surface area (Å²) in [7, 11) is 0. The Kier molecular flexibility index (Phi) is 6.07. The third-order valence-electron chi connectivity index (χ3n) is 4.09. The number of amides is 1. The number of hydrogen-bond acceptors (Lipinski definition) is 6. The molecule has 1 aromatic carbocycles. The van der Waals surface area contributed by atoms with Crippen LogP contribution in [0.1, 0.15) is 17.3 Å². The van der Waals surface area contributed by atoms with Crippen LogP contribution in [0.15, 0.2) is 51.7 Å². The number of nitrogens with one attached hydrogen (secondary N) is 2. The fourth-order valence-corrected chi connectivity index (χ4v) is 4.16. The molecule has 0 saturated heterocycles. The second-order valence-corrected chi connectivity index (χ2v) is 8.87. The monoisotopic (exact) mass is 565 g/mol. The summed E-state index contributed by atoms with van der Waals surface area (Å²) in [6.45, 7) is 1.27. The van der Waals surface area contributed by atoms with E-state index in [1.165, 1.54) is 18.1 Å². The van der Waals surface area contributed by atoms with Gasteiger partial charge in [0.2, 0.25) is 4.58 Å². The van der Waals surface area contributed by atoms with Crippen LogP contribution in [-0.2, 0) is 0 Å². The number of halogens is 6. The van der Waals surface area contributed by atoms with E-state index in [0.29, 0.717) is 10.2 Å². The molecule has 2 aliphatic rings. The summed E-state index contributed by atoms with van der Waals surface area (Å²) in [5.41, 5.74) is 1.79. The maximum absolute atomic E-state index is 14.7. The van der Waals surface area contributed by atoms with Gasteiger partial charge < -0.3 is 10.1 Å². The van der Waals surface area contributed by atoms with Crippen LogP contribution in [0.3, 0.4) is 0 Å². The lowest BCUT2D eigenvalue weighted by Gasteiger charge is -2.27. The van der Waals surface area contributed by atoms with Crippen LogP contribution in [0.4, 0.5) is 17.6 Å². The highest BCUT2D eigenvalue weighted by Gasteiger charge is 2.42. The number of hydrazine groups is 1. The first-order valence-electron chi connectivity index (χ1n) is 8.51. The van der Waals surface area contributed by atoms with Crippen LogP contribution in [0, 0.1) is 11.3 Å². The maximum Gasteiger partial charge on any atom is 0.573 e. The zero-order chi connectivity index (χ0) is 23.0. The molecule has 0 spiro atoms. The normalized spacial score (nSPS) is 22.1. The van der Waals surface area contributed by atoms with Gasteiger partial charge in [-0.3, -0.25) is 10.2 Å². The molecule has 2 N–H and O–H groups in total. The number of allylic oxidation sites excluding steroid dienone is 4. The van der Waals surface area contributed by atoms with Gasteiger partial charge >= 0.3 is 6.36 Å². The van der Waals surface area contributed by atoms with E-state index in [4.69, 9.17) is 0 Å². The number of hydrogen-bond donors (Lipinski definition) is 2. The third-order valence-corrected chi connectivity index (χ3v) is 5.16. The lowest BCUT2D eigenvalue weighted by molar-refractivity contribution is -0.274. The first-order chi connectivity index (χ1) is 14.3. The van der Waals surface area contributed by atoms with Crippen molar-refractivity contribution in [2.24, 2.45) is 5.10 Å². The van der Waals surface area contributed by atoms with E-state index < -0.39 is 28.1 Å². The summed E-state index contributed by atoms with van der Waals surface area (Å²) in [5, 5.41) is 17.4. The minimum atomic E-state index is -4.85. The molecule has 1 heterocycles. The average Bonchev–Trinajstić information content (AvgIpc) is 3.03. The van der Waals surface area contributed by atoms with Crippen LogP contribution in [0.2, 0.25) is 0 Å². The van der Waals surface area contributed by atoms with Gasteiger partial charge in [0.1, 0.15) is 17.0 Å². The van der Waals surface area contributed by atoms with Crippen LogP contribution >= 0.6 is 31.9 Å². The Hall–Kier alpha value is -2.59. The van der Waals surface area contributed by atoms with E-state index in [-0.39, 0.29) is 17.8 Å². The molecule has 31 heavy (non-hydrogen) atoms. The fraction of sp³-hybridized carbons (Fsp3) is 0.278. The highest BCUT2D eigenvalue weighted by atomic mass is 79.9. The molecule has 7 nitrogen and oxygen atoms in total. The molecule has 2 unspecified atom stereocenters. The van der Waals surface area contributed by atoms with Crippen molar-refractivity contribution >= 4 is 43.5 Å². The van der Waals surface area contributed by atoms with Gasteiger partial charge in [-0.2, -0.15) is 10.4 Å². The molecule has 0 fully saturated rings. The SMILES string of the molecule is CC(C#N)(CN1N=C2C(=CC(Br)=CC2(F)Br)N1)NC(=O)c1ccc(OC(F)(F)F)cc1. The van der Waals surface area contributed by atoms with E-state index >= 15 is 0 Å². The summed E-state index contributed by atoms with van der Waals surface area (Å²) >= 11 is 6.13. The minimum absolute atomic E-state index is 0.0180. The van der Waals surface area contributed by atoms with Crippen molar-refractivity contribution in [2.75, 3.05) is 6.54 Å². The van der Waals surface area contributed by atoms with Gasteiger partial charge in [0.15, 0.2) is 0 Å². The van der Waals surface area contributed by atoms with E-state index in [0.717, 1.165) is 24.3 Å². The summed E-state index contributed by atoms with van der Waals surface area (Å²) < 4.78 is 53.6. The van der Waals surface area contributed by atoms with E-state index in [2.05, 4.69) is 52.4 Å². The highest BCUT2D eigenvalue weighted by Crippen LogP contribution is 2.36. The van der Waals surface area contributed by atoms with Crippen LogP contribution < -0.4 is 15.5 Å². The number of nitriles is 1. The van der Waals surface area contributed by atoms with Crippen LogP contribution in [0.25, 0.3) is 0 Å². The number of carbonyl (C=O) groups excluding carboxylic acids is 1. The number of benzene rings is 1. The Bertz CT molecular complexity index is 1030. The average molecular weight is 567 g/mol. The zero-order valence-corrected chi connectivity index (χ0v) is 18.8. The largest absolute Gasteiger partial charge is 0.573 e. The van der Waals surface area contributed by atoms with Gasteiger partial charge in [0.25, 0.3) is 5.91 Å². The summed E-state index contributed by atoms with van der Waals surface area (Å²) in [6.07, 6.45) is -1.99. The lowest BCUT2D eigenvalue weighted by atomic mass is 10.0. The van der Waals surface area contributed by atoms with Gasteiger partial charge in [-0.1, -0.05) is 15.9 Å². The smallest absolute Gasteiger partial charge is 0.406 e. The number of nitrogens with zero attached hydrogens (tertiary/aromatic N) is 3. The van der Waals surface area contributed by atoms with E-state index in [1.54, 1.807) is 6.08 Å². The topological polar surface area (TPSA) is 89.8 Å².